The summed E-state index contributed by atoms with van der Waals surface area (Å²) >= 11 is 1.44. The number of aliphatic carboxylic acids is 1. The van der Waals surface area contributed by atoms with Gasteiger partial charge in [0.05, 0.1) is 40.8 Å². The number of nitrogens with one attached hydrogen (secondary N) is 2. The number of thiazole rings is 1. The van der Waals surface area contributed by atoms with Crippen LogP contribution in [0.5, 0.6) is 0 Å². The highest BCUT2D eigenvalue weighted by atomic mass is 32.3. The van der Waals surface area contributed by atoms with Gasteiger partial charge in [0.15, 0.2) is 0 Å². The molecule has 2 amide bonds. The fourth-order valence-corrected chi connectivity index (χ4v) is 7.93. The highest BCUT2D eigenvalue weighted by Crippen LogP contribution is 2.61. The molecule has 0 aliphatic carbocycles. The van der Waals surface area contributed by atoms with Crippen molar-refractivity contribution in [2.75, 3.05) is 25.1 Å². The number of ether oxygens (including phenoxy) is 1. The molecule has 0 saturated carbocycles. The molecule has 13 heteroatoms. The third-order valence-electron chi connectivity index (χ3n) is 7.74. The maximum Gasteiger partial charge on any atom is 0.323 e. The quantitative estimate of drug-likeness (QED) is 0.187. The summed E-state index contributed by atoms with van der Waals surface area (Å²) in [6.07, 6.45) is 1.70. The molecule has 1 fully saturated rings. The number of carbonyl (C=O) groups is 3. The molecule has 2 aliphatic heterocycles. The molecule has 0 bridgehead atoms. The molecule has 3 aromatic carbocycles. The van der Waals surface area contributed by atoms with E-state index in [9.17, 15) is 28.6 Å². The predicted octanol–water partition coefficient (Wildman–Crippen LogP) is 5.07. The Hall–Kier alpha value is -4.11. The maximum atomic E-state index is 13.2. The topological polar surface area (TPSA) is 161 Å². The second-order valence-corrected chi connectivity index (χ2v) is 13.6. The minimum atomic E-state index is -3.48. The summed E-state index contributed by atoms with van der Waals surface area (Å²) in [5, 5.41) is 15.9. The molecule has 4 aromatic rings. The molecule has 11 nitrogen and oxygen atoms in total. The van der Waals surface area contributed by atoms with E-state index in [1.54, 1.807) is 25.3 Å². The molecule has 0 unspecified atom stereocenters. The van der Waals surface area contributed by atoms with E-state index in [1.807, 2.05) is 29.2 Å². The van der Waals surface area contributed by atoms with Gasteiger partial charge in [-0.2, -0.15) is 0 Å². The zero-order valence-electron chi connectivity index (χ0n) is 23.6. The number of fused-ring (bicyclic) bond motifs is 2. The van der Waals surface area contributed by atoms with Crippen LogP contribution in [0.2, 0.25) is 0 Å². The van der Waals surface area contributed by atoms with Crippen LogP contribution < -0.4 is 10.6 Å². The third-order valence-corrected chi connectivity index (χ3v) is 10.7. The average Bonchev–Trinajstić information content (AvgIpc) is 3.47. The molecule has 228 valence electrons. The van der Waals surface area contributed by atoms with E-state index in [0.717, 1.165) is 21.0 Å². The van der Waals surface area contributed by atoms with Crippen LogP contribution in [-0.4, -0.2) is 67.7 Å². The lowest BCUT2D eigenvalue weighted by Gasteiger charge is -2.33. The summed E-state index contributed by atoms with van der Waals surface area (Å²) in [7, 11) is -3.48. The summed E-state index contributed by atoms with van der Waals surface area (Å²) < 4.78 is 27.5. The van der Waals surface area contributed by atoms with Gasteiger partial charge in [-0.3, -0.25) is 28.4 Å². The molecule has 0 spiro atoms. The first-order chi connectivity index (χ1) is 21.1. The molecule has 2 aliphatic rings. The Morgan fingerprint density at radius 2 is 1.89 bits per heavy atom. The second-order valence-electron chi connectivity index (χ2n) is 10.5. The first-order valence-corrected chi connectivity index (χ1v) is 16.2. The van der Waals surface area contributed by atoms with Crippen molar-refractivity contribution in [1.29, 1.82) is 0 Å². The number of amides is 2. The van der Waals surface area contributed by atoms with Gasteiger partial charge < -0.3 is 20.5 Å². The van der Waals surface area contributed by atoms with E-state index in [2.05, 4.69) is 15.6 Å². The van der Waals surface area contributed by atoms with E-state index in [-0.39, 0.29) is 40.1 Å². The minimum absolute atomic E-state index is 0.146. The largest absolute Gasteiger partial charge is 0.480 e. The smallest absolute Gasteiger partial charge is 0.323 e. The van der Waals surface area contributed by atoms with Crippen LogP contribution in [0.3, 0.4) is 0 Å². The first kappa shape index (κ1) is 29.9. The zero-order chi connectivity index (χ0) is 31.0. The van der Waals surface area contributed by atoms with E-state index in [0.29, 0.717) is 30.8 Å². The number of benzene rings is 3. The van der Waals surface area contributed by atoms with E-state index in [4.69, 9.17) is 4.74 Å². The summed E-state index contributed by atoms with van der Waals surface area (Å²) in [5.41, 5.74) is 3.02. The number of hydrogen-bond acceptors (Lipinski definition) is 9. The highest BCUT2D eigenvalue weighted by Gasteiger charge is 2.33. The van der Waals surface area contributed by atoms with Crippen molar-refractivity contribution in [3.63, 3.8) is 0 Å². The standard InChI is InChI=1S/C31H30N4O7S2/c1-18-22(10-11-26-27(18)34-29(37)23-4-2-3-5-25(23)44(26,40)41)28(36)32-14-21-15-33-30(43-21)20-8-6-19(7-9-20)16-35-12-13-42-17-24(35)31(38)39/h2-11,15,24,40-41H,12-14,16-17H2,1H3,(H,32,36)(H,34,37)(H,38,39)/t24-/m0/s1. The fraction of sp³-hybridized carbons (Fsp3) is 0.226. The number of carboxylic acid groups (broad SMARTS) is 1. The Bertz CT molecular complexity index is 1760. The Balaban J connectivity index is 1.12. The molecule has 3 heterocycles. The van der Waals surface area contributed by atoms with Crippen LogP contribution >= 0.6 is 21.9 Å². The Morgan fingerprint density at radius 3 is 2.66 bits per heavy atom. The summed E-state index contributed by atoms with van der Waals surface area (Å²) in [5.74, 6) is -1.74. The highest BCUT2D eigenvalue weighted by molar-refractivity contribution is 8.24. The van der Waals surface area contributed by atoms with Gasteiger partial charge in [-0.25, -0.2) is 4.98 Å². The number of rotatable bonds is 7. The normalized spacial score (nSPS) is 18.3. The van der Waals surface area contributed by atoms with Gasteiger partial charge >= 0.3 is 5.97 Å². The molecular formula is C31H30N4O7S2. The SMILES string of the molecule is Cc1c(C(=O)NCc2cnc(-c3ccc(CN4CCOC[C@H]4C(=O)O)cc3)s2)ccc2c1NC(=O)c1ccccc1S2(O)O. The van der Waals surface area contributed by atoms with Crippen molar-refractivity contribution < 1.29 is 33.3 Å². The van der Waals surface area contributed by atoms with Crippen molar-refractivity contribution in [3.05, 3.63) is 94.0 Å². The summed E-state index contributed by atoms with van der Waals surface area (Å²) in [6.45, 7) is 3.63. The van der Waals surface area contributed by atoms with Crippen LogP contribution in [0, 0.1) is 6.92 Å². The van der Waals surface area contributed by atoms with Gasteiger partial charge in [0, 0.05) is 35.3 Å². The average molecular weight is 635 g/mol. The van der Waals surface area contributed by atoms with E-state index < -0.39 is 28.5 Å². The molecule has 1 atom stereocenters. The molecule has 44 heavy (non-hydrogen) atoms. The summed E-state index contributed by atoms with van der Waals surface area (Å²) in [4.78, 5) is 45.2. The summed E-state index contributed by atoms with van der Waals surface area (Å²) in [6, 6.07) is 16.5. The Morgan fingerprint density at radius 1 is 1.11 bits per heavy atom. The van der Waals surface area contributed by atoms with Gasteiger partial charge in [-0.05, 0) is 42.3 Å². The molecular weight excluding hydrogens is 604 g/mol. The number of hydrogen-bond donors (Lipinski definition) is 5. The molecule has 1 aromatic heterocycles. The van der Waals surface area contributed by atoms with Crippen molar-refractivity contribution in [3.8, 4) is 10.6 Å². The van der Waals surface area contributed by atoms with Gasteiger partial charge in [0.25, 0.3) is 11.8 Å². The van der Waals surface area contributed by atoms with Crippen LogP contribution in [-0.2, 0) is 22.6 Å². The van der Waals surface area contributed by atoms with Gasteiger partial charge in [-0.15, -0.1) is 21.9 Å². The van der Waals surface area contributed by atoms with Crippen molar-refractivity contribution in [1.82, 2.24) is 15.2 Å². The second kappa shape index (κ2) is 12.1. The Labute approximate surface area is 258 Å². The number of nitrogens with zero attached hydrogens (tertiary/aromatic N) is 2. The lowest BCUT2D eigenvalue weighted by molar-refractivity contribution is -0.150. The number of carboxylic acids is 1. The number of carbonyl (C=O) groups excluding carboxylic acids is 2. The van der Waals surface area contributed by atoms with Gasteiger partial charge in [0.2, 0.25) is 0 Å². The predicted molar refractivity (Wildman–Crippen MR) is 166 cm³/mol. The van der Waals surface area contributed by atoms with E-state index >= 15 is 0 Å². The van der Waals surface area contributed by atoms with E-state index in [1.165, 1.54) is 35.6 Å². The van der Waals surface area contributed by atoms with Crippen LogP contribution in [0.25, 0.3) is 10.6 Å². The fourth-order valence-electron chi connectivity index (χ4n) is 5.35. The number of aromatic nitrogens is 1. The minimum Gasteiger partial charge on any atom is -0.480 e. The van der Waals surface area contributed by atoms with Gasteiger partial charge in [0.1, 0.15) is 11.0 Å². The monoisotopic (exact) mass is 634 g/mol. The molecule has 6 rings (SSSR count). The van der Waals surface area contributed by atoms with Crippen LogP contribution in [0.1, 0.15) is 36.7 Å². The zero-order valence-corrected chi connectivity index (χ0v) is 25.3. The first-order valence-electron chi connectivity index (χ1n) is 13.8. The lowest BCUT2D eigenvalue weighted by Crippen LogP contribution is -2.49. The third kappa shape index (κ3) is 5.73. The van der Waals surface area contributed by atoms with Crippen molar-refractivity contribution >= 4 is 45.4 Å². The van der Waals surface area contributed by atoms with Crippen LogP contribution in [0.4, 0.5) is 5.69 Å². The molecule has 0 radical (unpaired) electrons. The molecule has 1 saturated heterocycles. The van der Waals surface area contributed by atoms with Gasteiger partial charge in [-0.1, -0.05) is 36.4 Å². The van der Waals surface area contributed by atoms with Crippen molar-refractivity contribution in [2.45, 2.75) is 35.8 Å². The Kier molecular flexibility index (Phi) is 8.24. The number of morpholine rings is 1. The van der Waals surface area contributed by atoms with Crippen LogP contribution in [0.15, 0.2) is 76.7 Å². The van der Waals surface area contributed by atoms with Crippen molar-refractivity contribution in [2.24, 2.45) is 0 Å². The lowest BCUT2D eigenvalue weighted by atomic mass is 10.1. The number of anilines is 1. The molecule has 5 N–H and O–H groups in total. The maximum absolute atomic E-state index is 13.2.